The van der Waals surface area contributed by atoms with Crippen LogP contribution in [0.15, 0.2) is 48.5 Å². The van der Waals surface area contributed by atoms with Crippen molar-refractivity contribution < 1.29 is 0 Å². The summed E-state index contributed by atoms with van der Waals surface area (Å²) < 4.78 is 0. The fourth-order valence-corrected chi connectivity index (χ4v) is 4.03. The van der Waals surface area contributed by atoms with E-state index in [-0.39, 0.29) is 0 Å². The van der Waals surface area contributed by atoms with Crippen LogP contribution in [0.2, 0.25) is 0 Å². The van der Waals surface area contributed by atoms with Crippen molar-refractivity contribution in [2.24, 2.45) is 0 Å². The van der Waals surface area contributed by atoms with Crippen LogP contribution in [0, 0.1) is 13.8 Å². The van der Waals surface area contributed by atoms with Gasteiger partial charge in [-0.25, -0.2) is 0 Å². The molecule has 0 N–H and O–H groups in total. The van der Waals surface area contributed by atoms with Gasteiger partial charge in [0, 0.05) is 5.92 Å². The molecule has 2 aromatic carbocycles. The van der Waals surface area contributed by atoms with Crippen molar-refractivity contribution >= 4 is 19.2 Å². The largest absolute Gasteiger partial charge is 0.160 e. The molecule has 0 amide bonds. The minimum absolute atomic E-state index is 0.528. The zero-order valence-corrected chi connectivity index (χ0v) is 16.9. The summed E-state index contributed by atoms with van der Waals surface area (Å²) in [5.74, 6) is 0.528. The number of hydrogen-bond acceptors (Lipinski definition) is 1. The SMILES string of the molecule is Cc1ccc(C(CCCCCCC[PH+]=S)c2ccc(C)cc2)cc1. The van der Waals surface area contributed by atoms with Crippen LogP contribution in [0.4, 0.5) is 0 Å². The van der Waals surface area contributed by atoms with Crippen molar-refractivity contribution in [2.45, 2.75) is 58.3 Å². The Hall–Kier alpha value is -1.04. The van der Waals surface area contributed by atoms with Crippen molar-refractivity contribution in [1.82, 2.24) is 0 Å². The summed E-state index contributed by atoms with van der Waals surface area (Å²) in [6.45, 7) is 4.32. The summed E-state index contributed by atoms with van der Waals surface area (Å²) in [6.07, 6.45) is 9.16. The summed E-state index contributed by atoms with van der Waals surface area (Å²) in [7, 11) is 0.709. The van der Waals surface area contributed by atoms with E-state index in [2.05, 4.69) is 62.4 Å². The van der Waals surface area contributed by atoms with Crippen LogP contribution in [0.5, 0.6) is 0 Å². The quantitative estimate of drug-likeness (QED) is 0.328. The first kappa shape index (κ1) is 19.3. The molecule has 2 aromatic rings. The van der Waals surface area contributed by atoms with Gasteiger partial charge < -0.3 is 0 Å². The minimum Gasteiger partial charge on any atom is -0.0590 e. The molecule has 0 bridgehead atoms. The van der Waals surface area contributed by atoms with Crippen LogP contribution < -0.4 is 0 Å². The summed E-state index contributed by atoms with van der Waals surface area (Å²) >= 11 is 5.04. The number of aryl methyl sites for hydroxylation is 2. The molecule has 0 aromatic heterocycles. The lowest BCUT2D eigenvalue weighted by atomic mass is 9.86. The molecule has 0 aliphatic rings. The van der Waals surface area contributed by atoms with E-state index in [0.29, 0.717) is 13.3 Å². The second kappa shape index (κ2) is 10.7. The van der Waals surface area contributed by atoms with Crippen LogP contribution in [-0.2, 0) is 11.8 Å². The third-order valence-electron chi connectivity index (χ3n) is 4.73. The molecule has 0 saturated heterocycles. The van der Waals surface area contributed by atoms with E-state index in [1.54, 1.807) is 0 Å². The van der Waals surface area contributed by atoms with Crippen molar-refractivity contribution in [1.29, 1.82) is 0 Å². The van der Waals surface area contributed by atoms with Crippen LogP contribution in [-0.4, -0.2) is 6.16 Å². The molecule has 0 aliphatic heterocycles. The monoisotopic (exact) mass is 357 g/mol. The predicted molar refractivity (Wildman–Crippen MR) is 112 cm³/mol. The molecule has 0 nitrogen and oxygen atoms in total. The number of unbranched alkanes of at least 4 members (excludes halogenated alkanes) is 4. The predicted octanol–water partition coefficient (Wildman–Crippen LogP) is 6.92. The molecule has 0 heterocycles. The van der Waals surface area contributed by atoms with Gasteiger partial charge in [-0.15, -0.1) is 0 Å². The van der Waals surface area contributed by atoms with E-state index >= 15 is 0 Å². The molecular weight excluding hydrogens is 327 g/mol. The average molecular weight is 358 g/mol. The Labute approximate surface area is 154 Å². The third kappa shape index (κ3) is 6.46. The van der Waals surface area contributed by atoms with E-state index in [9.17, 15) is 0 Å². The molecule has 0 saturated carbocycles. The maximum atomic E-state index is 5.04. The van der Waals surface area contributed by atoms with Crippen LogP contribution >= 0.6 is 7.36 Å². The van der Waals surface area contributed by atoms with Gasteiger partial charge in [0.2, 0.25) is 0 Å². The Morgan fingerprint density at radius 1 is 0.708 bits per heavy atom. The van der Waals surface area contributed by atoms with E-state index in [4.69, 9.17) is 11.8 Å². The highest BCUT2D eigenvalue weighted by Gasteiger charge is 2.13. The Morgan fingerprint density at radius 2 is 1.17 bits per heavy atom. The Balaban J connectivity index is 1.97. The van der Waals surface area contributed by atoms with Crippen LogP contribution in [0.3, 0.4) is 0 Å². The lowest BCUT2D eigenvalue weighted by Crippen LogP contribution is -2.02. The topological polar surface area (TPSA) is 0 Å². The maximum Gasteiger partial charge on any atom is 0.160 e. The van der Waals surface area contributed by atoms with Gasteiger partial charge in [-0.05, 0) is 44.2 Å². The number of hydrogen-bond donors (Lipinski definition) is 0. The summed E-state index contributed by atoms with van der Waals surface area (Å²) in [5.41, 5.74) is 5.58. The van der Waals surface area contributed by atoms with Gasteiger partial charge >= 0.3 is 0 Å². The van der Waals surface area contributed by atoms with Gasteiger partial charge in [-0.1, -0.05) is 78.9 Å². The van der Waals surface area contributed by atoms with Gasteiger partial charge in [0.1, 0.15) is 6.16 Å². The molecule has 1 unspecified atom stereocenters. The third-order valence-corrected chi connectivity index (χ3v) is 5.90. The molecule has 0 spiro atoms. The highest BCUT2D eigenvalue weighted by atomic mass is 32.4. The Kier molecular flexibility index (Phi) is 8.64. The van der Waals surface area contributed by atoms with Crippen molar-refractivity contribution in [2.75, 3.05) is 6.16 Å². The molecule has 24 heavy (non-hydrogen) atoms. The fraction of sp³-hybridized carbons (Fsp3) is 0.455. The van der Waals surface area contributed by atoms with E-state index in [1.807, 2.05) is 0 Å². The average Bonchev–Trinajstić information content (AvgIpc) is 2.60. The zero-order valence-electron chi connectivity index (χ0n) is 15.1. The molecule has 128 valence electrons. The summed E-state index contributed by atoms with van der Waals surface area (Å²) in [4.78, 5) is 0. The second-order valence-electron chi connectivity index (χ2n) is 6.82. The van der Waals surface area contributed by atoms with Gasteiger partial charge in [-0.2, -0.15) is 0 Å². The fourth-order valence-electron chi connectivity index (χ4n) is 3.20. The first-order chi connectivity index (χ1) is 11.7. The Bertz CT molecular complexity index is 555. The van der Waals surface area contributed by atoms with Crippen LogP contribution in [0.25, 0.3) is 0 Å². The van der Waals surface area contributed by atoms with Gasteiger partial charge in [0.05, 0.1) is 0 Å². The molecule has 2 heteroatoms. The lowest BCUT2D eigenvalue weighted by Gasteiger charge is -2.19. The first-order valence-corrected chi connectivity index (χ1v) is 11.5. The van der Waals surface area contributed by atoms with Gasteiger partial charge in [-0.3, -0.25) is 0 Å². The normalized spacial score (nSPS) is 11.3. The maximum absolute atomic E-state index is 5.04. The smallest absolute Gasteiger partial charge is 0.0590 e. The summed E-state index contributed by atoms with van der Waals surface area (Å²) in [6, 6.07) is 18.2. The standard InChI is InChI=1S/C22H29PS/c1-18-9-13-20(14-10-18)22(21-15-11-19(2)12-16-21)8-6-4-3-5-7-17-23-24/h9-16,22H,3-8,17H2,1-2H3/p+1. The highest BCUT2D eigenvalue weighted by Crippen LogP contribution is 2.30. The minimum atomic E-state index is 0.528. The van der Waals surface area contributed by atoms with Crippen molar-refractivity contribution in [3.8, 4) is 0 Å². The number of rotatable bonds is 10. The number of benzene rings is 2. The second-order valence-corrected chi connectivity index (χ2v) is 8.48. The lowest BCUT2D eigenvalue weighted by molar-refractivity contribution is 0.581. The van der Waals surface area contributed by atoms with E-state index < -0.39 is 0 Å². The Morgan fingerprint density at radius 3 is 1.67 bits per heavy atom. The van der Waals surface area contributed by atoms with E-state index in [0.717, 1.165) is 0 Å². The van der Waals surface area contributed by atoms with Crippen molar-refractivity contribution in [3.63, 3.8) is 0 Å². The van der Waals surface area contributed by atoms with Crippen LogP contribution in [0.1, 0.15) is 66.7 Å². The highest BCUT2D eigenvalue weighted by molar-refractivity contribution is 7.96. The molecule has 0 aliphatic carbocycles. The molecule has 0 fully saturated rings. The zero-order chi connectivity index (χ0) is 17.2. The van der Waals surface area contributed by atoms with Gasteiger partial charge in [0.15, 0.2) is 19.2 Å². The molecule has 1 atom stereocenters. The first-order valence-electron chi connectivity index (χ1n) is 9.19. The van der Waals surface area contributed by atoms with Crippen molar-refractivity contribution in [3.05, 3.63) is 70.8 Å². The molecule has 0 radical (unpaired) electrons. The summed E-state index contributed by atoms with van der Waals surface area (Å²) in [5, 5.41) is 0. The van der Waals surface area contributed by atoms with Gasteiger partial charge in [0.25, 0.3) is 0 Å². The molecular formula is C22H30PS+. The van der Waals surface area contributed by atoms with E-state index in [1.165, 1.54) is 66.9 Å². The molecule has 2 rings (SSSR count).